The molecule has 2 aromatic rings. The molecule has 132 valence electrons. The van der Waals surface area contributed by atoms with Gasteiger partial charge in [0.25, 0.3) is 0 Å². The number of H-pyrrole nitrogens is 1. The van der Waals surface area contributed by atoms with Gasteiger partial charge in [0.15, 0.2) is 0 Å². The molecule has 0 bridgehead atoms. The zero-order chi connectivity index (χ0) is 17.6. The first kappa shape index (κ1) is 16.7. The van der Waals surface area contributed by atoms with Crippen molar-refractivity contribution >= 4 is 29.1 Å². The van der Waals surface area contributed by atoms with Crippen LogP contribution in [0, 0.1) is 5.92 Å². The Morgan fingerprint density at radius 2 is 2.04 bits per heavy atom. The average Bonchev–Trinajstić information content (AvgIpc) is 3.17. The first-order valence-electron chi connectivity index (χ1n) is 8.51. The highest BCUT2D eigenvalue weighted by Crippen LogP contribution is 2.35. The summed E-state index contributed by atoms with van der Waals surface area (Å²) in [4.78, 5) is 22.4. The SMILES string of the molecule is O=C1[C@H](Cc2c(Cl)cc(O)cc2Cl)CCN1C1CCc2nc[nH]c2C1. The largest absolute Gasteiger partial charge is 0.508 e. The van der Waals surface area contributed by atoms with Crippen LogP contribution in [-0.2, 0) is 24.1 Å². The van der Waals surface area contributed by atoms with Crippen LogP contribution in [0.25, 0.3) is 0 Å². The molecule has 4 rings (SSSR count). The summed E-state index contributed by atoms with van der Waals surface area (Å²) in [6, 6.07) is 3.18. The van der Waals surface area contributed by atoms with Crippen molar-refractivity contribution in [1.29, 1.82) is 0 Å². The van der Waals surface area contributed by atoms with Crippen molar-refractivity contribution in [2.75, 3.05) is 6.54 Å². The summed E-state index contributed by atoms with van der Waals surface area (Å²) >= 11 is 12.4. The molecule has 1 aliphatic heterocycles. The van der Waals surface area contributed by atoms with Crippen molar-refractivity contribution in [3.8, 4) is 5.75 Å². The summed E-state index contributed by atoms with van der Waals surface area (Å²) in [5.41, 5.74) is 3.01. The quantitative estimate of drug-likeness (QED) is 0.858. The van der Waals surface area contributed by atoms with Crippen LogP contribution in [-0.4, -0.2) is 38.5 Å². The van der Waals surface area contributed by atoms with Crippen LogP contribution < -0.4 is 0 Å². The summed E-state index contributed by atoms with van der Waals surface area (Å²) in [7, 11) is 0. The van der Waals surface area contributed by atoms with E-state index in [0.29, 0.717) is 16.5 Å². The fourth-order valence-electron chi connectivity index (χ4n) is 3.99. The number of halogens is 2. The zero-order valence-corrected chi connectivity index (χ0v) is 15.1. The molecular formula is C18H19Cl2N3O2. The molecule has 2 N–H and O–H groups in total. The number of aromatic nitrogens is 2. The standard InChI is InChI=1S/C18H19Cl2N3O2/c19-14-7-12(24)8-15(20)13(14)5-10-3-4-23(18(10)25)11-1-2-16-17(6-11)22-9-21-16/h7-11,24H,1-6H2,(H,21,22)/t10-,11?/m0/s1. The van der Waals surface area contributed by atoms with Crippen LogP contribution in [0.15, 0.2) is 18.5 Å². The molecule has 0 saturated carbocycles. The molecule has 1 unspecified atom stereocenters. The highest BCUT2D eigenvalue weighted by atomic mass is 35.5. The smallest absolute Gasteiger partial charge is 0.226 e. The first-order chi connectivity index (χ1) is 12.0. The fourth-order valence-corrected chi connectivity index (χ4v) is 4.62. The minimum atomic E-state index is -0.109. The normalized spacial score (nSPS) is 23.1. The molecule has 1 aromatic heterocycles. The number of imidazole rings is 1. The van der Waals surface area contributed by atoms with Crippen molar-refractivity contribution in [2.24, 2.45) is 5.92 Å². The molecule has 5 nitrogen and oxygen atoms in total. The number of likely N-dealkylation sites (tertiary alicyclic amines) is 1. The number of aromatic amines is 1. The second-order valence-corrected chi connectivity index (χ2v) is 7.65. The van der Waals surface area contributed by atoms with Gasteiger partial charge in [0.1, 0.15) is 5.75 Å². The number of aromatic hydroxyl groups is 1. The van der Waals surface area contributed by atoms with E-state index in [4.69, 9.17) is 23.2 Å². The van der Waals surface area contributed by atoms with Gasteiger partial charge < -0.3 is 15.0 Å². The topological polar surface area (TPSA) is 69.2 Å². The van der Waals surface area contributed by atoms with Gasteiger partial charge in [0, 0.05) is 40.7 Å². The highest BCUT2D eigenvalue weighted by Gasteiger charge is 2.38. The van der Waals surface area contributed by atoms with Crippen molar-refractivity contribution in [2.45, 2.75) is 38.1 Å². The van der Waals surface area contributed by atoms with Crippen molar-refractivity contribution in [1.82, 2.24) is 14.9 Å². The molecule has 7 heteroatoms. The van der Waals surface area contributed by atoms with Gasteiger partial charge in [0.05, 0.1) is 12.0 Å². The maximum Gasteiger partial charge on any atom is 0.226 e. The maximum absolute atomic E-state index is 12.9. The van der Waals surface area contributed by atoms with Gasteiger partial charge in [0.2, 0.25) is 5.91 Å². The molecule has 25 heavy (non-hydrogen) atoms. The van der Waals surface area contributed by atoms with E-state index in [-0.39, 0.29) is 23.6 Å². The molecular weight excluding hydrogens is 361 g/mol. The lowest BCUT2D eigenvalue weighted by atomic mass is 9.94. The van der Waals surface area contributed by atoms with Crippen LogP contribution in [0.2, 0.25) is 10.0 Å². The molecule has 0 radical (unpaired) electrons. The van der Waals surface area contributed by atoms with Crippen molar-refractivity contribution in [3.63, 3.8) is 0 Å². The third kappa shape index (κ3) is 3.11. The molecule has 1 aromatic carbocycles. The van der Waals surface area contributed by atoms with Crippen LogP contribution >= 0.6 is 23.2 Å². The third-order valence-corrected chi connectivity index (χ3v) is 6.00. The van der Waals surface area contributed by atoms with Crippen LogP contribution in [0.1, 0.15) is 29.8 Å². The van der Waals surface area contributed by atoms with E-state index in [2.05, 4.69) is 9.97 Å². The van der Waals surface area contributed by atoms with Gasteiger partial charge in [-0.25, -0.2) is 4.98 Å². The van der Waals surface area contributed by atoms with Crippen molar-refractivity contribution < 1.29 is 9.90 Å². The molecule has 1 fully saturated rings. The molecule has 2 atom stereocenters. The molecule has 1 aliphatic carbocycles. The van der Waals surface area contributed by atoms with Gasteiger partial charge in [-0.2, -0.15) is 0 Å². The lowest BCUT2D eigenvalue weighted by Crippen LogP contribution is -2.41. The number of nitrogens with zero attached hydrogens (tertiary/aromatic N) is 2. The van der Waals surface area contributed by atoms with Gasteiger partial charge >= 0.3 is 0 Å². The molecule has 2 aliphatic rings. The number of amides is 1. The summed E-state index contributed by atoms with van der Waals surface area (Å²) in [5, 5.41) is 10.4. The Balaban J connectivity index is 1.47. The minimum absolute atomic E-state index is 0.0377. The Kier molecular flexibility index (Phi) is 4.38. The van der Waals surface area contributed by atoms with Gasteiger partial charge in [-0.05, 0) is 43.4 Å². The van der Waals surface area contributed by atoms with Crippen LogP contribution in [0.4, 0.5) is 0 Å². The Morgan fingerprint density at radius 1 is 1.28 bits per heavy atom. The maximum atomic E-state index is 12.9. The zero-order valence-electron chi connectivity index (χ0n) is 13.6. The number of phenolic OH excluding ortho intramolecular Hbond substituents is 1. The number of rotatable bonds is 3. The average molecular weight is 380 g/mol. The minimum Gasteiger partial charge on any atom is -0.508 e. The van der Waals surface area contributed by atoms with E-state index in [0.717, 1.165) is 49.2 Å². The Hall–Kier alpha value is -1.72. The number of fused-ring (bicyclic) bond motifs is 1. The van der Waals surface area contributed by atoms with E-state index >= 15 is 0 Å². The number of benzene rings is 1. The number of phenols is 1. The Morgan fingerprint density at radius 3 is 2.80 bits per heavy atom. The van der Waals surface area contributed by atoms with E-state index in [9.17, 15) is 9.90 Å². The Bertz CT molecular complexity index is 797. The monoisotopic (exact) mass is 379 g/mol. The van der Waals surface area contributed by atoms with Gasteiger partial charge in [-0.15, -0.1) is 0 Å². The summed E-state index contributed by atoms with van der Waals surface area (Å²) in [5.74, 6) is 0.103. The predicted octanol–water partition coefficient (Wildman–Crippen LogP) is 3.37. The second-order valence-electron chi connectivity index (χ2n) is 6.83. The van der Waals surface area contributed by atoms with Gasteiger partial charge in [-0.1, -0.05) is 23.2 Å². The fraction of sp³-hybridized carbons (Fsp3) is 0.444. The van der Waals surface area contributed by atoms with E-state index in [1.54, 1.807) is 6.33 Å². The number of hydrogen-bond donors (Lipinski definition) is 2. The predicted molar refractivity (Wildman–Crippen MR) is 96.1 cm³/mol. The lowest BCUT2D eigenvalue weighted by molar-refractivity contribution is -0.133. The van der Waals surface area contributed by atoms with Crippen molar-refractivity contribution in [3.05, 3.63) is 45.5 Å². The number of hydrogen-bond acceptors (Lipinski definition) is 3. The van der Waals surface area contributed by atoms with Gasteiger partial charge in [-0.3, -0.25) is 4.79 Å². The third-order valence-electron chi connectivity index (χ3n) is 5.33. The summed E-state index contributed by atoms with van der Waals surface area (Å²) in [6.07, 6.45) is 5.75. The number of nitrogens with one attached hydrogen (secondary N) is 1. The molecule has 1 amide bonds. The number of carbonyl (C=O) groups is 1. The molecule has 0 spiro atoms. The van der Waals surface area contributed by atoms with E-state index in [1.165, 1.54) is 12.1 Å². The number of carbonyl (C=O) groups excluding carboxylic acids is 1. The summed E-state index contributed by atoms with van der Waals surface area (Å²) in [6.45, 7) is 0.769. The Labute approximate surface area is 156 Å². The van der Waals surface area contributed by atoms with E-state index < -0.39 is 0 Å². The lowest BCUT2D eigenvalue weighted by Gasteiger charge is -2.31. The summed E-state index contributed by atoms with van der Waals surface area (Å²) < 4.78 is 0. The molecule has 2 heterocycles. The second kappa shape index (κ2) is 6.54. The highest BCUT2D eigenvalue weighted by molar-refractivity contribution is 6.36. The van der Waals surface area contributed by atoms with E-state index in [1.807, 2.05) is 4.90 Å². The van der Waals surface area contributed by atoms with Crippen LogP contribution in [0.5, 0.6) is 5.75 Å². The van der Waals surface area contributed by atoms with Crippen LogP contribution in [0.3, 0.4) is 0 Å². The molecule has 1 saturated heterocycles. The number of aryl methyl sites for hydroxylation is 1. The first-order valence-corrected chi connectivity index (χ1v) is 9.27.